The van der Waals surface area contributed by atoms with Gasteiger partial charge in [0.05, 0.1) is 17.4 Å². The number of nitrogens with zero attached hydrogens (tertiary/aromatic N) is 2. The average Bonchev–Trinajstić information content (AvgIpc) is 2.82. The van der Waals surface area contributed by atoms with Crippen LogP contribution >= 0.6 is 0 Å². The minimum Gasteiger partial charge on any atom is -0.480 e. The van der Waals surface area contributed by atoms with Crippen LogP contribution in [0.2, 0.25) is 0 Å². The third kappa shape index (κ3) is 1.97. The summed E-state index contributed by atoms with van der Waals surface area (Å²) in [6, 6.07) is -0.971. The first-order valence-electron chi connectivity index (χ1n) is 5.65. The summed E-state index contributed by atoms with van der Waals surface area (Å²) in [7, 11) is 0. The highest BCUT2D eigenvalue weighted by atomic mass is 16.4. The monoisotopic (exact) mass is 253 g/mol. The number of β-amino-alcohol motifs (C(OH)–C–C–N with tert-alkyl or cyclic N) is 1. The van der Waals surface area contributed by atoms with Gasteiger partial charge in [-0.15, -0.1) is 0 Å². The molecule has 7 nitrogen and oxygen atoms in total. The van der Waals surface area contributed by atoms with E-state index in [4.69, 9.17) is 5.11 Å². The van der Waals surface area contributed by atoms with Gasteiger partial charge < -0.3 is 15.1 Å². The van der Waals surface area contributed by atoms with Crippen molar-refractivity contribution < 1.29 is 19.8 Å². The van der Waals surface area contributed by atoms with E-state index in [0.29, 0.717) is 17.0 Å². The van der Waals surface area contributed by atoms with Crippen molar-refractivity contribution in [3.8, 4) is 0 Å². The smallest absolute Gasteiger partial charge is 0.326 e. The van der Waals surface area contributed by atoms with Crippen LogP contribution in [0, 0.1) is 13.8 Å². The lowest BCUT2D eigenvalue weighted by Crippen LogP contribution is -2.41. The Morgan fingerprint density at radius 2 is 2.11 bits per heavy atom. The number of carboxylic acid groups (broad SMARTS) is 1. The Balaban J connectivity index is 2.31. The number of aromatic amines is 1. The number of aliphatic hydroxyl groups excluding tert-OH is 1. The number of rotatable bonds is 2. The van der Waals surface area contributed by atoms with E-state index in [1.807, 2.05) is 0 Å². The van der Waals surface area contributed by atoms with Gasteiger partial charge in [0.15, 0.2) is 0 Å². The highest BCUT2D eigenvalue weighted by Crippen LogP contribution is 2.22. The van der Waals surface area contributed by atoms with Gasteiger partial charge in [0.1, 0.15) is 6.04 Å². The Labute approximate surface area is 103 Å². The van der Waals surface area contributed by atoms with Crippen molar-refractivity contribution in [3.63, 3.8) is 0 Å². The van der Waals surface area contributed by atoms with E-state index in [2.05, 4.69) is 10.2 Å². The van der Waals surface area contributed by atoms with Gasteiger partial charge in [0.2, 0.25) is 0 Å². The number of aromatic nitrogens is 2. The predicted molar refractivity (Wildman–Crippen MR) is 61.1 cm³/mol. The van der Waals surface area contributed by atoms with Crippen molar-refractivity contribution >= 4 is 11.9 Å². The number of carboxylic acids is 1. The molecule has 0 saturated carbocycles. The molecule has 2 atom stereocenters. The van der Waals surface area contributed by atoms with Crippen LogP contribution in [0.1, 0.15) is 28.2 Å². The van der Waals surface area contributed by atoms with Crippen LogP contribution in [0.3, 0.4) is 0 Å². The summed E-state index contributed by atoms with van der Waals surface area (Å²) in [6.45, 7) is 3.42. The summed E-state index contributed by atoms with van der Waals surface area (Å²) in [6.07, 6.45) is -0.723. The molecule has 0 bridgehead atoms. The SMILES string of the molecule is Cc1n[nH]c(C)c1C(=O)N1C[C@@H](O)C[C@H]1C(=O)O. The number of aryl methyl sites for hydroxylation is 2. The number of carbonyl (C=O) groups excluding carboxylic acids is 1. The first kappa shape index (κ1) is 12.6. The van der Waals surface area contributed by atoms with Crippen LogP contribution in [0.25, 0.3) is 0 Å². The highest BCUT2D eigenvalue weighted by molar-refractivity contribution is 5.98. The molecule has 1 saturated heterocycles. The Morgan fingerprint density at radius 1 is 1.44 bits per heavy atom. The molecule has 7 heteroatoms. The van der Waals surface area contributed by atoms with Gasteiger partial charge in [-0.2, -0.15) is 5.10 Å². The average molecular weight is 253 g/mol. The molecule has 1 aliphatic heterocycles. The minimum atomic E-state index is -1.10. The summed E-state index contributed by atoms with van der Waals surface area (Å²) >= 11 is 0. The zero-order valence-corrected chi connectivity index (χ0v) is 10.2. The number of aliphatic hydroxyl groups is 1. The first-order chi connectivity index (χ1) is 8.41. The molecule has 1 amide bonds. The van der Waals surface area contributed by atoms with Gasteiger partial charge >= 0.3 is 5.97 Å². The van der Waals surface area contributed by atoms with Crippen molar-refractivity contribution in [1.29, 1.82) is 0 Å². The molecule has 0 aliphatic carbocycles. The van der Waals surface area contributed by atoms with Crippen molar-refractivity contribution in [2.24, 2.45) is 0 Å². The maximum absolute atomic E-state index is 12.3. The molecule has 3 N–H and O–H groups in total. The summed E-state index contributed by atoms with van der Waals surface area (Å²) in [5, 5.41) is 25.2. The standard InChI is InChI=1S/C11H15N3O4/c1-5-9(6(2)13-12-5)10(16)14-4-7(15)3-8(14)11(17)18/h7-8,15H,3-4H2,1-2H3,(H,12,13)(H,17,18)/t7-,8-/m0/s1. The van der Waals surface area contributed by atoms with Crippen molar-refractivity contribution in [3.05, 3.63) is 17.0 Å². The van der Waals surface area contributed by atoms with Gasteiger partial charge in [0, 0.05) is 18.7 Å². The second-order valence-corrected chi connectivity index (χ2v) is 4.51. The van der Waals surface area contributed by atoms with Crippen molar-refractivity contribution in [2.75, 3.05) is 6.54 Å². The maximum atomic E-state index is 12.3. The Morgan fingerprint density at radius 3 is 2.61 bits per heavy atom. The zero-order valence-electron chi connectivity index (χ0n) is 10.2. The second kappa shape index (κ2) is 4.41. The fourth-order valence-electron chi connectivity index (χ4n) is 2.28. The number of nitrogens with one attached hydrogen (secondary N) is 1. The van der Waals surface area contributed by atoms with E-state index in [-0.39, 0.29) is 13.0 Å². The molecule has 1 aromatic heterocycles. The number of likely N-dealkylation sites (tertiary alicyclic amines) is 1. The maximum Gasteiger partial charge on any atom is 0.326 e. The topological polar surface area (TPSA) is 107 Å². The van der Waals surface area contributed by atoms with Gasteiger partial charge in [0.25, 0.3) is 5.91 Å². The van der Waals surface area contributed by atoms with Crippen LogP contribution in [-0.4, -0.2) is 55.9 Å². The van der Waals surface area contributed by atoms with Crippen LogP contribution in [0.5, 0.6) is 0 Å². The quantitative estimate of drug-likeness (QED) is 0.670. The molecule has 0 spiro atoms. The number of H-pyrrole nitrogens is 1. The lowest BCUT2D eigenvalue weighted by Gasteiger charge is -2.21. The number of carbonyl (C=O) groups is 2. The third-order valence-corrected chi connectivity index (χ3v) is 3.17. The van der Waals surface area contributed by atoms with E-state index < -0.39 is 24.0 Å². The molecule has 0 radical (unpaired) electrons. The fraction of sp³-hybridized carbons (Fsp3) is 0.545. The van der Waals surface area contributed by atoms with E-state index in [0.717, 1.165) is 0 Å². The van der Waals surface area contributed by atoms with Crippen LogP contribution in [0.15, 0.2) is 0 Å². The van der Waals surface area contributed by atoms with Crippen molar-refractivity contribution in [1.82, 2.24) is 15.1 Å². The predicted octanol–water partition coefficient (Wildman–Crippen LogP) is -0.313. The van der Waals surface area contributed by atoms with Gasteiger partial charge in [-0.25, -0.2) is 4.79 Å². The molecular formula is C11H15N3O4. The van der Waals surface area contributed by atoms with E-state index in [1.165, 1.54) is 4.90 Å². The molecule has 98 valence electrons. The molecule has 0 unspecified atom stereocenters. The van der Waals surface area contributed by atoms with Crippen LogP contribution in [-0.2, 0) is 4.79 Å². The summed E-state index contributed by atoms with van der Waals surface area (Å²) in [5.41, 5.74) is 1.52. The van der Waals surface area contributed by atoms with Gasteiger partial charge in [-0.3, -0.25) is 9.89 Å². The van der Waals surface area contributed by atoms with E-state index in [1.54, 1.807) is 13.8 Å². The summed E-state index contributed by atoms with van der Waals surface area (Å²) in [5.74, 6) is -1.50. The summed E-state index contributed by atoms with van der Waals surface area (Å²) in [4.78, 5) is 24.6. The molecule has 1 fully saturated rings. The van der Waals surface area contributed by atoms with E-state index in [9.17, 15) is 14.7 Å². The van der Waals surface area contributed by atoms with Gasteiger partial charge in [-0.05, 0) is 13.8 Å². The minimum absolute atomic E-state index is 0.0415. The fourth-order valence-corrected chi connectivity index (χ4v) is 2.28. The highest BCUT2D eigenvalue weighted by Gasteiger charge is 2.40. The lowest BCUT2D eigenvalue weighted by atomic mass is 10.1. The number of hydrogen-bond donors (Lipinski definition) is 3. The van der Waals surface area contributed by atoms with E-state index >= 15 is 0 Å². The number of amides is 1. The molecule has 0 aromatic carbocycles. The Bertz CT molecular complexity index is 477. The van der Waals surface area contributed by atoms with Crippen molar-refractivity contribution in [2.45, 2.75) is 32.4 Å². The second-order valence-electron chi connectivity index (χ2n) is 4.51. The number of aliphatic carboxylic acids is 1. The number of hydrogen-bond acceptors (Lipinski definition) is 4. The zero-order chi connectivity index (χ0) is 13.4. The lowest BCUT2D eigenvalue weighted by molar-refractivity contribution is -0.141. The molecule has 2 heterocycles. The van der Waals surface area contributed by atoms with Gasteiger partial charge in [-0.1, -0.05) is 0 Å². The molecule has 18 heavy (non-hydrogen) atoms. The normalized spacial score (nSPS) is 23.4. The molecular weight excluding hydrogens is 238 g/mol. The Hall–Kier alpha value is -1.89. The van der Waals surface area contributed by atoms with Crippen LogP contribution in [0.4, 0.5) is 0 Å². The first-order valence-corrected chi connectivity index (χ1v) is 5.65. The molecule has 1 aromatic rings. The molecule has 1 aliphatic rings. The third-order valence-electron chi connectivity index (χ3n) is 3.17. The molecule has 2 rings (SSSR count). The largest absolute Gasteiger partial charge is 0.480 e. The Kier molecular flexibility index (Phi) is 3.08. The summed E-state index contributed by atoms with van der Waals surface area (Å²) < 4.78 is 0. The van der Waals surface area contributed by atoms with Crippen LogP contribution < -0.4 is 0 Å².